The summed E-state index contributed by atoms with van der Waals surface area (Å²) in [5.41, 5.74) is 4.41. The number of hydrogen-bond donors (Lipinski definition) is 2. The molecular weight excluding hydrogens is 586 g/mol. The molecule has 4 nitrogen and oxygen atoms in total. The minimum atomic E-state index is -1.47. The topological polar surface area (TPSA) is 74.6 Å². The first-order valence-corrected chi connectivity index (χ1v) is 14.8. The van der Waals surface area contributed by atoms with Crippen molar-refractivity contribution in [2.24, 2.45) is 0 Å². The quantitative estimate of drug-likeness (QED) is 0.140. The predicted octanol–water partition coefficient (Wildman–Crippen LogP) is 8.35. The van der Waals surface area contributed by atoms with Crippen LogP contribution < -0.4 is 5.46 Å². The van der Waals surface area contributed by atoms with Crippen LogP contribution in [0.15, 0.2) is 64.3 Å². The van der Waals surface area contributed by atoms with E-state index in [0.717, 1.165) is 24.8 Å². The van der Waals surface area contributed by atoms with Crippen LogP contribution in [0.4, 0.5) is 0 Å². The Morgan fingerprint density at radius 2 is 1.11 bits per heavy atom. The van der Waals surface area contributed by atoms with Crippen molar-refractivity contribution in [2.75, 3.05) is 0 Å². The largest absolute Gasteiger partial charge is 0.488 e. The van der Waals surface area contributed by atoms with Gasteiger partial charge < -0.3 is 10.0 Å². The summed E-state index contributed by atoms with van der Waals surface area (Å²) in [6, 6.07) is 14.1. The number of carbonyl (C=O) groups excluding carboxylic acids is 2. The maximum Gasteiger partial charge on any atom is 0.488 e. The van der Waals surface area contributed by atoms with Crippen molar-refractivity contribution in [1.82, 2.24) is 0 Å². The SMILES string of the molecule is CC(=O)c1ccc(B(O)O)cc1.CCC/C=C(/CCC)c1ccc(C(C)=O)cc1.CCC/C=C(\I)CCC. The third-order valence-corrected chi connectivity index (χ3v) is 6.60. The van der Waals surface area contributed by atoms with Crippen LogP contribution in [0.5, 0.6) is 0 Å². The molecule has 0 amide bonds. The molecule has 0 radical (unpaired) electrons. The fourth-order valence-corrected chi connectivity index (χ4v) is 4.25. The number of Topliss-reactive ketones (excluding diaryl/α,β-unsaturated/α-hetero) is 2. The molecule has 38 heavy (non-hydrogen) atoms. The van der Waals surface area contributed by atoms with Gasteiger partial charge in [-0.05, 0) is 82.3 Å². The summed E-state index contributed by atoms with van der Waals surface area (Å²) in [7, 11) is -1.47. The molecular formula is C32H46BIO4. The second-order valence-electron chi connectivity index (χ2n) is 9.14. The lowest BCUT2D eigenvalue weighted by Crippen LogP contribution is -2.29. The van der Waals surface area contributed by atoms with E-state index in [2.05, 4.69) is 74.6 Å². The minimum absolute atomic E-state index is 0.0334. The zero-order valence-corrected chi connectivity index (χ0v) is 26.3. The molecule has 6 heteroatoms. The van der Waals surface area contributed by atoms with Crippen molar-refractivity contribution >= 4 is 52.3 Å². The average molecular weight is 632 g/mol. The second kappa shape index (κ2) is 21.9. The zero-order chi connectivity index (χ0) is 28.9. The lowest BCUT2D eigenvalue weighted by atomic mass is 9.80. The smallest absolute Gasteiger partial charge is 0.423 e. The molecule has 0 aliphatic heterocycles. The molecule has 208 valence electrons. The van der Waals surface area contributed by atoms with E-state index in [4.69, 9.17) is 10.0 Å². The Labute approximate surface area is 244 Å². The van der Waals surface area contributed by atoms with Crippen LogP contribution in [0.25, 0.3) is 5.57 Å². The van der Waals surface area contributed by atoms with E-state index >= 15 is 0 Å². The van der Waals surface area contributed by atoms with Crippen molar-refractivity contribution in [1.29, 1.82) is 0 Å². The molecule has 0 bridgehead atoms. The summed E-state index contributed by atoms with van der Waals surface area (Å²) < 4.78 is 1.52. The fraction of sp³-hybridized carbons (Fsp3) is 0.438. The Morgan fingerprint density at radius 1 is 0.684 bits per heavy atom. The predicted molar refractivity (Wildman–Crippen MR) is 172 cm³/mol. The molecule has 2 N–H and O–H groups in total. The highest BCUT2D eigenvalue weighted by Gasteiger charge is 2.10. The molecule has 0 aliphatic rings. The summed E-state index contributed by atoms with van der Waals surface area (Å²) in [5.74, 6) is 0.0973. The molecule has 2 rings (SSSR count). The third kappa shape index (κ3) is 16.1. The van der Waals surface area contributed by atoms with Crippen LogP contribution in [-0.2, 0) is 0 Å². The lowest BCUT2D eigenvalue weighted by Gasteiger charge is -2.07. The Kier molecular flexibility index (Phi) is 20.7. The molecule has 0 heterocycles. The highest BCUT2D eigenvalue weighted by Crippen LogP contribution is 2.21. The van der Waals surface area contributed by atoms with Crippen molar-refractivity contribution in [3.05, 3.63) is 81.0 Å². The van der Waals surface area contributed by atoms with E-state index in [9.17, 15) is 9.59 Å². The van der Waals surface area contributed by atoms with E-state index in [0.29, 0.717) is 11.0 Å². The summed E-state index contributed by atoms with van der Waals surface area (Å²) in [6.45, 7) is 11.9. The zero-order valence-electron chi connectivity index (χ0n) is 24.1. The maximum absolute atomic E-state index is 11.2. The number of benzene rings is 2. The van der Waals surface area contributed by atoms with Gasteiger partial charge in [0.2, 0.25) is 0 Å². The Morgan fingerprint density at radius 3 is 1.50 bits per heavy atom. The normalized spacial score (nSPS) is 11.1. The van der Waals surface area contributed by atoms with Crippen LogP contribution in [0.2, 0.25) is 0 Å². The van der Waals surface area contributed by atoms with E-state index < -0.39 is 7.12 Å². The van der Waals surface area contributed by atoms with Gasteiger partial charge in [0.1, 0.15) is 0 Å². The first-order chi connectivity index (χ1) is 18.1. The van der Waals surface area contributed by atoms with Gasteiger partial charge in [-0.1, -0.05) is 114 Å². The van der Waals surface area contributed by atoms with Crippen LogP contribution in [0.1, 0.15) is 119 Å². The Bertz CT molecular complexity index is 993. The van der Waals surface area contributed by atoms with Crippen LogP contribution >= 0.6 is 22.6 Å². The highest BCUT2D eigenvalue weighted by molar-refractivity contribution is 14.1. The van der Waals surface area contributed by atoms with Crippen molar-refractivity contribution in [3.63, 3.8) is 0 Å². The molecule has 0 fully saturated rings. The fourth-order valence-electron chi connectivity index (χ4n) is 3.40. The number of ketones is 2. The van der Waals surface area contributed by atoms with Gasteiger partial charge in [-0.25, -0.2) is 0 Å². The third-order valence-electron chi connectivity index (χ3n) is 5.62. The highest BCUT2D eigenvalue weighted by atomic mass is 127. The van der Waals surface area contributed by atoms with Gasteiger partial charge in [-0.2, -0.15) is 0 Å². The first kappa shape index (κ1) is 36.0. The van der Waals surface area contributed by atoms with Gasteiger partial charge >= 0.3 is 7.12 Å². The summed E-state index contributed by atoms with van der Waals surface area (Å²) in [6.07, 6.45) is 14.3. The second-order valence-corrected chi connectivity index (χ2v) is 10.5. The maximum atomic E-state index is 11.2. The molecule has 0 saturated heterocycles. The van der Waals surface area contributed by atoms with Gasteiger partial charge in [0.15, 0.2) is 11.6 Å². The number of allylic oxidation sites excluding steroid dienone is 4. The summed E-state index contributed by atoms with van der Waals surface area (Å²) >= 11 is 2.43. The van der Waals surface area contributed by atoms with Crippen LogP contribution in [0.3, 0.4) is 0 Å². The monoisotopic (exact) mass is 632 g/mol. The van der Waals surface area contributed by atoms with Gasteiger partial charge in [-0.3, -0.25) is 9.59 Å². The lowest BCUT2D eigenvalue weighted by molar-refractivity contribution is 0.100. The van der Waals surface area contributed by atoms with Crippen molar-refractivity contribution in [2.45, 2.75) is 92.9 Å². The van der Waals surface area contributed by atoms with E-state index in [1.807, 2.05) is 12.1 Å². The number of halogens is 1. The molecule has 0 unspecified atom stereocenters. The van der Waals surface area contributed by atoms with Gasteiger partial charge in [0.25, 0.3) is 0 Å². The summed E-state index contributed by atoms with van der Waals surface area (Å²) in [4.78, 5) is 22.0. The van der Waals surface area contributed by atoms with Gasteiger partial charge in [0.05, 0.1) is 0 Å². The number of rotatable bonds is 12. The van der Waals surface area contributed by atoms with Crippen molar-refractivity contribution < 1.29 is 19.6 Å². The molecule has 0 atom stereocenters. The molecule has 2 aromatic rings. The minimum Gasteiger partial charge on any atom is -0.423 e. The van der Waals surface area contributed by atoms with E-state index in [1.54, 1.807) is 19.1 Å². The standard InChI is InChI=1S/C16H22O.C8H9BO3.C8H15I/c1-4-6-8-15(7-5-2)16-11-9-14(10-12-16)13(3)17;1-6(10)7-2-4-8(5-3-7)9(11)12;1-3-5-7-8(9)6-4-2/h8-12H,4-7H2,1-3H3;2-5,11-12H,1H3;7H,3-6H2,1-2H3/b15-8-;;8-7-. The van der Waals surface area contributed by atoms with E-state index in [-0.39, 0.29) is 11.6 Å². The van der Waals surface area contributed by atoms with Crippen LogP contribution in [0, 0.1) is 0 Å². The Balaban J connectivity index is 0.000000572. The number of carbonyl (C=O) groups is 2. The Hall–Kier alpha value is -2.03. The molecule has 0 saturated carbocycles. The average Bonchev–Trinajstić information content (AvgIpc) is 2.91. The summed E-state index contributed by atoms with van der Waals surface area (Å²) in [5, 5.41) is 17.4. The number of unbranched alkanes of at least 4 members (excludes halogenated alkanes) is 2. The van der Waals surface area contributed by atoms with Gasteiger partial charge in [-0.15, -0.1) is 0 Å². The molecule has 2 aromatic carbocycles. The van der Waals surface area contributed by atoms with E-state index in [1.165, 1.54) is 65.9 Å². The number of hydrogen-bond acceptors (Lipinski definition) is 4. The molecule has 0 aliphatic carbocycles. The molecule has 0 aromatic heterocycles. The molecule has 0 spiro atoms. The van der Waals surface area contributed by atoms with Crippen molar-refractivity contribution in [3.8, 4) is 0 Å². The van der Waals surface area contributed by atoms with Crippen LogP contribution in [-0.4, -0.2) is 28.7 Å². The first-order valence-electron chi connectivity index (χ1n) is 13.7. The van der Waals surface area contributed by atoms with Gasteiger partial charge in [0, 0.05) is 11.1 Å².